The molecule has 2 aromatic rings. The van der Waals surface area contributed by atoms with Crippen LogP contribution in [0.3, 0.4) is 0 Å². The van der Waals surface area contributed by atoms with Gasteiger partial charge in [-0.15, -0.1) is 0 Å². The highest BCUT2D eigenvalue weighted by atomic mass is 32.1. The highest BCUT2D eigenvalue weighted by Gasteiger charge is 2.02. The summed E-state index contributed by atoms with van der Waals surface area (Å²) in [5.74, 6) is 2.47. The molecule has 0 radical (unpaired) electrons. The molecule has 1 heterocycles. The van der Waals surface area contributed by atoms with Gasteiger partial charge in [-0.25, -0.2) is 9.97 Å². The molecule has 0 spiro atoms. The Bertz CT molecular complexity index is 499. The van der Waals surface area contributed by atoms with E-state index in [9.17, 15) is 0 Å². The van der Waals surface area contributed by atoms with Gasteiger partial charge in [0.15, 0.2) is 0 Å². The molecular weight excluding hydrogens is 244 g/mol. The Hall–Kier alpha value is -1.55. The fourth-order valence-electron chi connectivity index (χ4n) is 1.67. The number of aromatic nitrogens is 2. The van der Waals surface area contributed by atoms with Crippen molar-refractivity contribution in [3.05, 3.63) is 42.4 Å². The van der Waals surface area contributed by atoms with Crippen LogP contribution < -0.4 is 4.74 Å². The van der Waals surface area contributed by atoms with E-state index >= 15 is 0 Å². The zero-order chi connectivity index (χ0) is 12.8. The summed E-state index contributed by atoms with van der Waals surface area (Å²) in [5.41, 5.74) is 2.01. The van der Waals surface area contributed by atoms with E-state index in [1.807, 2.05) is 37.3 Å². The number of nitrogens with zero attached hydrogens (tertiary/aromatic N) is 2. The van der Waals surface area contributed by atoms with Gasteiger partial charge in [-0.1, -0.05) is 0 Å². The fourth-order valence-corrected chi connectivity index (χ4v) is 1.87. The van der Waals surface area contributed by atoms with Gasteiger partial charge in [0, 0.05) is 18.2 Å². The largest absolute Gasteiger partial charge is 0.494 e. The Morgan fingerprint density at radius 1 is 1.17 bits per heavy atom. The van der Waals surface area contributed by atoms with Crippen molar-refractivity contribution in [1.29, 1.82) is 0 Å². The molecule has 2 rings (SSSR count). The standard InChI is InChI=1S/C14H16N2OS/c1-2-17-12-5-3-11(4-6-12)13-7-9-15-14(16-13)8-10-18/h3-7,9,18H,2,8,10H2,1H3. The third kappa shape index (κ3) is 3.23. The summed E-state index contributed by atoms with van der Waals surface area (Å²) >= 11 is 4.19. The lowest BCUT2D eigenvalue weighted by atomic mass is 10.1. The van der Waals surface area contributed by atoms with Gasteiger partial charge in [-0.3, -0.25) is 0 Å². The number of ether oxygens (including phenoxy) is 1. The van der Waals surface area contributed by atoms with Crippen LogP contribution in [0, 0.1) is 0 Å². The molecule has 1 aromatic carbocycles. The van der Waals surface area contributed by atoms with Crippen molar-refractivity contribution in [2.45, 2.75) is 13.3 Å². The molecule has 0 unspecified atom stereocenters. The topological polar surface area (TPSA) is 35.0 Å². The molecule has 0 bridgehead atoms. The third-order valence-electron chi connectivity index (χ3n) is 2.50. The average Bonchev–Trinajstić information content (AvgIpc) is 2.41. The lowest BCUT2D eigenvalue weighted by Gasteiger charge is -2.05. The smallest absolute Gasteiger partial charge is 0.129 e. The van der Waals surface area contributed by atoms with Crippen molar-refractivity contribution in [3.8, 4) is 17.0 Å². The first kappa shape index (κ1) is 12.9. The first-order valence-corrected chi connectivity index (χ1v) is 6.62. The van der Waals surface area contributed by atoms with E-state index in [0.717, 1.165) is 35.0 Å². The van der Waals surface area contributed by atoms with Crippen molar-refractivity contribution in [2.75, 3.05) is 12.4 Å². The number of thiol groups is 1. The van der Waals surface area contributed by atoms with Crippen molar-refractivity contribution in [3.63, 3.8) is 0 Å². The number of benzene rings is 1. The van der Waals surface area contributed by atoms with Crippen molar-refractivity contribution in [2.24, 2.45) is 0 Å². The molecule has 0 aliphatic rings. The zero-order valence-electron chi connectivity index (χ0n) is 10.3. The summed E-state index contributed by atoms with van der Waals surface area (Å²) in [6, 6.07) is 9.85. The summed E-state index contributed by atoms with van der Waals surface area (Å²) in [6.45, 7) is 2.65. The average molecular weight is 260 g/mol. The number of rotatable bonds is 5. The molecule has 0 saturated carbocycles. The van der Waals surface area contributed by atoms with E-state index < -0.39 is 0 Å². The van der Waals surface area contributed by atoms with E-state index in [-0.39, 0.29) is 0 Å². The minimum absolute atomic E-state index is 0.680. The van der Waals surface area contributed by atoms with Gasteiger partial charge in [0.2, 0.25) is 0 Å². The molecule has 0 aliphatic carbocycles. The fraction of sp³-hybridized carbons (Fsp3) is 0.286. The first-order valence-electron chi connectivity index (χ1n) is 5.99. The summed E-state index contributed by atoms with van der Waals surface area (Å²) in [5, 5.41) is 0. The van der Waals surface area contributed by atoms with Crippen molar-refractivity contribution in [1.82, 2.24) is 9.97 Å². The molecule has 0 N–H and O–H groups in total. The molecular formula is C14H16N2OS. The summed E-state index contributed by atoms with van der Waals surface area (Å²) < 4.78 is 5.42. The van der Waals surface area contributed by atoms with Gasteiger partial charge in [-0.2, -0.15) is 12.6 Å². The molecule has 4 heteroatoms. The van der Waals surface area contributed by atoms with Crippen LogP contribution in [0.5, 0.6) is 5.75 Å². The van der Waals surface area contributed by atoms with Gasteiger partial charge >= 0.3 is 0 Å². The quantitative estimate of drug-likeness (QED) is 0.839. The molecule has 94 valence electrons. The Kier molecular flexibility index (Phi) is 4.59. The minimum atomic E-state index is 0.680. The second kappa shape index (κ2) is 6.40. The molecule has 1 aromatic heterocycles. The molecule has 0 aliphatic heterocycles. The van der Waals surface area contributed by atoms with Gasteiger partial charge in [0.25, 0.3) is 0 Å². The van der Waals surface area contributed by atoms with Crippen LogP contribution in [0.4, 0.5) is 0 Å². The van der Waals surface area contributed by atoms with Crippen LogP contribution in [0.1, 0.15) is 12.7 Å². The van der Waals surface area contributed by atoms with E-state index in [0.29, 0.717) is 6.61 Å². The zero-order valence-corrected chi connectivity index (χ0v) is 11.2. The molecule has 0 amide bonds. The van der Waals surface area contributed by atoms with Gasteiger partial charge in [0.05, 0.1) is 12.3 Å². The maximum absolute atomic E-state index is 5.42. The Labute approximate surface area is 113 Å². The lowest BCUT2D eigenvalue weighted by molar-refractivity contribution is 0.340. The summed E-state index contributed by atoms with van der Waals surface area (Å²) in [4.78, 5) is 8.72. The lowest BCUT2D eigenvalue weighted by Crippen LogP contribution is -1.97. The van der Waals surface area contributed by atoms with Gasteiger partial charge < -0.3 is 4.74 Å². The molecule has 0 saturated heterocycles. The van der Waals surface area contributed by atoms with Crippen LogP contribution in [0.25, 0.3) is 11.3 Å². The van der Waals surface area contributed by atoms with Crippen molar-refractivity contribution < 1.29 is 4.74 Å². The Morgan fingerprint density at radius 3 is 2.61 bits per heavy atom. The normalized spacial score (nSPS) is 10.3. The van der Waals surface area contributed by atoms with Gasteiger partial charge in [0.1, 0.15) is 11.6 Å². The molecule has 0 atom stereocenters. The second-order valence-corrected chi connectivity index (χ2v) is 4.24. The Morgan fingerprint density at radius 2 is 1.94 bits per heavy atom. The van der Waals surface area contributed by atoms with E-state index in [1.54, 1.807) is 6.20 Å². The second-order valence-electron chi connectivity index (χ2n) is 3.79. The van der Waals surface area contributed by atoms with Crippen LogP contribution in [0.2, 0.25) is 0 Å². The number of hydrogen-bond donors (Lipinski definition) is 1. The SMILES string of the molecule is CCOc1ccc(-c2ccnc(CCS)n2)cc1. The monoisotopic (exact) mass is 260 g/mol. The van der Waals surface area contributed by atoms with Crippen LogP contribution >= 0.6 is 12.6 Å². The van der Waals surface area contributed by atoms with Crippen LogP contribution in [-0.2, 0) is 6.42 Å². The first-order chi connectivity index (χ1) is 8.83. The predicted molar refractivity (Wildman–Crippen MR) is 76.2 cm³/mol. The molecule has 18 heavy (non-hydrogen) atoms. The highest BCUT2D eigenvalue weighted by Crippen LogP contribution is 2.20. The number of hydrogen-bond acceptors (Lipinski definition) is 4. The van der Waals surface area contributed by atoms with Crippen LogP contribution in [-0.4, -0.2) is 22.3 Å². The number of aryl methyl sites for hydroxylation is 1. The minimum Gasteiger partial charge on any atom is -0.494 e. The van der Waals surface area contributed by atoms with Crippen LogP contribution in [0.15, 0.2) is 36.5 Å². The highest BCUT2D eigenvalue weighted by molar-refractivity contribution is 7.80. The maximum Gasteiger partial charge on any atom is 0.129 e. The predicted octanol–water partition coefficient (Wildman–Crippen LogP) is 3.01. The van der Waals surface area contributed by atoms with E-state index in [1.165, 1.54) is 0 Å². The maximum atomic E-state index is 5.42. The summed E-state index contributed by atoms with van der Waals surface area (Å²) in [7, 11) is 0. The van der Waals surface area contributed by atoms with Crippen molar-refractivity contribution >= 4 is 12.6 Å². The summed E-state index contributed by atoms with van der Waals surface area (Å²) in [6.07, 6.45) is 2.57. The Balaban J connectivity index is 2.22. The van der Waals surface area contributed by atoms with E-state index in [4.69, 9.17) is 4.74 Å². The van der Waals surface area contributed by atoms with E-state index in [2.05, 4.69) is 22.6 Å². The van der Waals surface area contributed by atoms with Gasteiger partial charge in [-0.05, 0) is 43.0 Å². The third-order valence-corrected chi connectivity index (χ3v) is 2.73. The molecule has 0 fully saturated rings. The molecule has 3 nitrogen and oxygen atoms in total.